The normalized spacial score (nSPS) is 10.7. The molecule has 0 unspecified atom stereocenters. The fourth-order valence-electron chi connectivity index (χ4n) is 1.87. The van der Waals surface area contributed by atoms with Gasteiger partial charge in [-0.3, -0.25) is 4.79 Å². The molecule has 118 valence electrons. The van der Waals surface area contributed by atoms with Gasteiger partial charge in [0.1, 0.15) is 6.54 Å². The number of nitrogens with two attached hydrogens (primary N) is 2. The number of primary amides is 1. The summed E-state index contributed by atoms with van der Waals surface area (Å²) in [6.45, 7) is 8.70. The van der Waals surface area contributed by atoms with Crippen molar-refractivity contribution in [2.24, 2.45) is 11.7 Å². The molecule has 4 N–H and O–H groups in total. The van der Waals surface area contributed by atoms with Crippen LogP contribution in [0.15, 0.2) is 12.1 Å². The van der Waals surface area contributed by atoms with Gasteiger partial charge in [-0.05, 0) is 41.6 Å². The molecule has 6 heteroatoms. The maximum atomic E-state index is 10.9. The van der Waals surface area contributed by atoms with E-state index in [1.807, 2.05) is 13.0 Å². The lowest BCUT2D eigenvalue weighted by atomic mass is 10.2. The summed E-state index contributed by atoms with van der Waals surface area (Å²) in [4.78, 5) is 10.9. The molecular weight excluding hydrogens is 383 g/mol. The molecule has 0 aliphatic carbocycles. The third-order valence-electron chi connectivity index (χ3n) is 2.75. The highest BCUT2D eigenvalue weighted by Gasteiger charge is 2.14. The monoisotopic (exact) mass is 407 g/mol. The quantitative estimate of drug-likeness (QED) is 0.606. The Morgan fingerprint density at radius 3 is 2.67 bits per heavy atom. The number of halogens is 1. The molecule has 0 aromatic heterocycles. The molecular formula is C15H24IN2O3+. The molecule has 1 rings (SSSR count). The molecule has 1 amide bonds. The second-order valence-electron chi connectivity index (χ2n) is 5.22. The number of hydrogen-bond acceptors (Lipinski definition) is 3. The molecule has 21 heavy (non-hydrogen) atoms. The lowest BCUT2D eigenvalue weighted by Crippen LogP contribution is -2.83. The summed E-state index contributed by atoms with van der Waals surface area (Å²) in [5.41, 5.74) is 6.30. The number of rotatable bonds is 9. The van der Waals surface area contributed by atoms with E-state index in [0.29, 0.717) is 24.0 Å². The van der Waals surface area contributed by atoms with Gasteiger partial charge in [-0.1, -0.05) is 13.8 Å². The fraction of sp³-hybridized carbons (Fsp3) is 0.533. The summed E-state index contributed by atoms with van der Waals surface area (Å²) in [6, 6.07) is 4.02. The van der Waals surface area contributed by atoms with E-state index in [4.69, 9.17) is 15.2 Å². The molecule has 0 bridgehead atoms. The first-order chi connectivity index (χ1) is 9.93. The molecule has 0 saturated heterocycles. The Hall–Kier alpha value is -1.02. The average Bonchev–Trinajstić information content (AvgIpc) is 2.37. The largest absolute Gasteiger partial charge is 0.490 e. The van der Waals surface area contributed by atoms with Gasteiger partial charge in [0.2, 0.25) is 0 Å². The summed E-state index contributed by atoms with van der Waals surface area (Å²) in [7, 11) is 0. The molecule has 0 atom stereocenters. The van der Waals surface area contributed by atoms with Gasteiger partial charge in [-0.15, -0.1) is 0 Å². The van der Waals surface area contributed by atoms with E-state index < -0.39 is 5.91 Å². The molecule has 0 radical (unpaired) electrons. The van der Waals surface area contributed by atoms with Crippen molar-refractivity contribution in [3.05, 3.63) is 21.3 Å². The first-order valence-corrected chi connectivity index (χ1v) is 8.19. The van der Waals surface area contributed by atoms with Crippen molar-refractivity contribution >= 4 is 28.5 Å². The van der Waals surface area contributed by atoms with E-state index in [1.54, 1.807) is 0 Å². The van der Waals surface area contributed by atoms with Crippen LogP contribution in [0.4, 0.5) is 0 Å². The Bertz CT molecular complexity index is 478. The predicted molar refractivity (Wildman–Crippen MR) is 90.4 cm³/mol. The SMILES string of the molecule is CCOc1cc(C[NH2+]CC(C)C)cc(I)c1OCC(N)=O. The Labute approximate surface area is 139 Å². The number of amides is 1. The lowest BCUT2D eigenvalue weighted by molar-refractivity contribution is -0.675. The Kier molecular flexibility index (Phi) is 7.81. The van der Waals surface area contributed by atoms with Crippen LogP contribution in [0.3, 0.4) is 0 Å². The van der Waals surface area contributed by atoms with Crippen molar-refractivity contribution in [3.8, 4) is 11.5 Å². The number of carbonyl (C=O) groups is 1. The van der Waals surface area contributed by atoms with Crippen molar-refractivity contribution in [2.75, 3.05) is 19.8 Å². The summed E-state index contributed by atoms with van der Waals surface area (Å²) in [5.74, 6) is 1.42. The third-order valence-corrected chi connectivity index (χ3v) is 3.55. The minimum absolute atomic E-state index is 0.144. The zero-order chi connectivity index (χ0) is 15.8. The van der Waals surface area contributed by atoms with Crippen LogP contribution in [0.25, 0.3) is 0 Å². The molecule has 0 fully saturated rings. The fourth-order valence-corrected chi connectivity index (χ4v) is 2.69. The Balaban J connectivity index is 2.86. The maximum absolute atomic E-state index is 10.9. The van der Waals surface area contributed by atoms with Gasteiger partial charge in [0, 0.05) is 11.5 Å². The zero-order valence-corrected chi connectivity index (χ0v) is 15.0. The van der Waals surface area contributed by atoms with Crippen LogP contribution in [0.2, 0.25) is 0 Å². The highest BCUT2D eigenvalue weighted by molar-refractivity contribution is 14.1. The predicted octanol–water partition coefficient (Wildman–Crippen LogP) is 1.27. The molecule has 0 saturated carbocycles. The molecule has 1 aromatic rings. The summed E-state index contributed by atoms with van der Waals surface area (Å²) < 4.78 is 12.0. The van der Waals surface area contributed by atoms with E-state index in [1.165, 1.54) is 5.56 Å². The molecule has 0 heterocycles. The third kappa shape index (κ3) is 6.52. The van der Waals surface area contributed by atoms with Gasteiger partial charge >= 0.3 is 0 Å². The number of hydrogen-bond donors (Lipinski definition) is 2. The van der Waals surface area contributed by atoms with Crippen LogP contribution >= 0.6 is 22.6 Å². The second kappa shape index (κ2) is 9.09. The van der Waals surface area contributed by atoms with E-state index in [9.17, 15) is 4.79 Å². The Morgan fingerprint density at radius 2 is 2.10 bits per heavy atom. The molecule has 5 nitrogen and oxygen atoms in total. The summed E-state index contributed by atoms with van der Waals surface area (Å²) in [5, 5.41) is 2.27. The maximum Gasteiger partial charge on any atom is 0.255 e. The molecule has 0 spiro atoms. The minimum atomic E-state index is -0.498. The minimum Gasteiger partial charge on any atom is -0.490 e. The number of ether oxygens (including phenoxy) is 2. The first kappa shape index (κ1) is 18.0. The van der Waals surface area contributed by atoms with Crippen LogP contribution in [0.5, 0.6) is 11.5 Å². The van der Waals surface area contributed by atoms with Crippen LogP contribution < -0.4 is 20.5 Å². The van der Waals surface area contributed by atoms with Gasteiger partial charge in [0.25, 0.3) is 5.91 Å². The smallest absolute Gasteiger partial charge is 0.255 e. The summed E-state index contributed by atoms with van der Waals surface area (Å²) >= 11 is 2.19. The van der Waals surface area contributed by atoms with E-state index >= 15 is 0 Å². The van der Waals surface area contributed by atoms with Crippen molar-refractivity contribution in [1.29, 1.82) is 0 Å². The van der Waals surface area contributed by atoms with Crippen LogP contribution in [-0.2, 0) is 11.3 Å². The standard InChI is InChI=1S/C15H23IN2O3/c1-4-20-13-6-11(8-18-7-10(2)3)5-12(16)15(13)21-9-14(17)19/h5-6,10,18H,4,7-9H2,1-3H3,(H2,17,19)/p+1. The number of carbonyl (C=O) groups excluding carboxylic acids is 1. The number of benzene rings is 1. The average molecular weight is 407 g/mol. The van der Waals surface area contributed by atoms with Crippen LogP contribution in [-0.4, -0.2) is 25.7 Å². The highest BCUT2D eigenvalue weighted by atomic mass is 127. The van der Waals surface area contributed by atoms with Gasteiger partial charge in [-0.25, -0.2) is 0 Å². The van der Waals surface area contributed by atoms with E-state index in [0.717, 1.165) is 16.7 Å². The molecule has 1 aromatic carbocycles. The molecule has 0 aliphatic heterocycles. The topological polar surface area (TPSA) is 78.2 Å². The zero-order valence-electron chi connectivity index (χ0n) is 12.8. The van der Waals surface area contributed by atoms with Crippen LogP contribution in [0, 0.1) is 9.49 Å². The van der Waals surface area contributed by atoms with Crippen molar-refractivity contribution in [3.63, 3.8) is 0 Å². The number of quaternary nitrogens is 1. The van der Waals surface area contributed by atoms with E-state index in [-0.39, 0.29) is 6.61 Å². The molecule has 0 aliphatic rings. The van der Waals surface area contributed by atoms with Gasteiger partial charge in [0.15, 0.2) is 18.1 Å². The van der Waals surface area contributed by atoms with Gasteiger partial charge in [-0.2, -0.15) is 0 Å². The first-order valence-electron chi connectivity index (χ1n) is 7.12. The highest BCUT2D eigenvalue weighted by Crippen LogP contribution is 2.34. The van der Waals surface area contributed by atoms with Crippen molar-refractivity contribution in [1.82, 2.24) is 0 Å². The second-order valence-corrected chi connectivity index (χ2v) is 6.38. The van der Waals surface area contributed by atoms with Gasteiger partial charge in [0.05, 0.1) is 16.7 Å². The van der Waals surface area contributed by atoms with Crippen LogP contribution in [0.1, 0.15) is 26.3 Å². The lowest BCUT2D eigenvalue weighted by Gasteiger charge is -2.14. The van der Waals surface area contributed by atoms with E-state index in [2.05, 4.69) is 47.8 Å². The Morgan fingerprint density at radius 1 is 1.38 bits per heavy atom. The van der Waals surface area contributed by atoms with Crippen molar-refractivity contribution < 1.29 is 19.6 Å². The summed E-state index contributed by atoms with van der Waals surface area (Å²) in [6.07, 6.45) is 0. The van der Waals surface area contributed by atoms with Crippen molar-refractivity contribution in [2.45, 2.75) is 27.3 Å². The van der Waals surface area contributed by atoms with Gasteiger partial charge < -0.3 is 20.5 Å².